The minimum Gasteiger partial charge on any atom is -0.316 e. The lowest BCUT2D eigenvalue weighted by Crippen LogP contribution is -2.17. The highest BCUT2D eigenvalue weighted by atomic mass is 79.9. The van der Waals surface area contributed by atoms with E-state index in [1.165, 1.54) is 0 Å². The first-order valence-electron chi connectivity index (χ1n) is 2.95. The van der Waals surface area contributed by atoms with Gasteiger partial charge in [0, 0.05) is 15.5 Å². The lowest BCUT2D eigenvalue weighted by atomic mass is 10.7. The quantitative estimate of drug-likeness (QED) is 0.581. The van der Waals surface area contributed by atoms with Crippen LogP contribution in [-0.4, -0.2) is 25.6 Å². The maximum atomic E-state index is 11.5. The van der Waals surface area contributed by atoms with Gasteiger partial charge in [0.15, 0.2) is 0 Å². The highest BCUT2D eigenvalue weighted by Gasteiger charge is 2.32. The Labute approximate surface area is 84.2 Å². The van der Waals surface area contributed by atoms with Crippen LogP contribution >= 0.6 is 22.6 Å². The number of hydrogen-bond donors (Lipinski definition) is 0. The van der Waals surface area contributed by atoms with Crippen LogP contribution in [0.1, 0.15) is 0 Å². The summed E-state index contributed by atoms with van der Waals surface area (Å²) in [6, 6.07) is 0. The average molecular weight is 309 g/mol. The van der Waals surface area contributed by atoms with Crippen molar-refractivity contribution in [1.82, 2.24) is 0 Å². The molecule has 0 aliphatic rings. The van der Waals surface area contributed by atoms with Gasteiger partial charge in [-0.1, -0.05) is 0 Å². The molecule has 0 amide bonds. The summed E-state index contributed by atoms with van der Waals surface area (Å²) < 4.78 is 76.7. The molecule has 0 spiro atoms. The van der Waals surface area contributed by atoms with Gasteiger partial charge in [-0.2, -0.15) is 26.3 Å². The molecule has 14 heavy (non-hydrogen) atoms. The zero-order valence-corrected chi connectivity index (χ0v) is 8.80. The van der Waals surface area contributed by atoms with Gasteiger partial charge in [0.25, 0.3) is 0 Å². The van der Waals surface area contributed by atoms with Crippen LogP contribution in [0.4, 0.5) is 26.3 Å². The number of halogens is 7. The minimum atomic E-state index is -4.59. The Morgan fingerprint density at radius 1 is 0.857 bits per heavy atom. The first-order valence-corrected chi connectivity index (χ1v) is 6.15. The van der Waals surface area contributed by atoms with Crippen molar-refractivity contribution in [2.45, 2.75) is 12.4 Å². The highest BCUT2D eigenvalue weighted by molar-refractivity contribution is 9.38. The van der Waals surface area contributed by atoms with E-state index in [1.54, 1.807) is 0 Å². The predicted octanol–water partition coefficient (Wildman–Crippen LogP) is 3.77. The monoisotopic (exact) mass is 308 g/mol. The van der Waals surface area contributed by atoms with Crippen molar-refractivity contribution in [1.29, 1.82) is 0 Å². The summed E-state index contributed by atoms with van der Waals surface area (Å²) in [7, 11) is -2.34. The van der Waals surface area contributed by atoms with Gasteiger partial charge in [0.1, 0.15) is 13.2 Å². The molecule has 10 heteroatoms. The zero-order chi connectivity index (χ0) is 11.4. The van der Waals surface area contributed by atoms with E-state index in [4.69, 9.17) is 0 Å². The maximum absolute atomic E-state index is 11.5. The molecule has 0 aromatic heterocycles. The summed E-state index contributed by atoms with van der Waals surface area (Å²) in [4.78, 5) is 0. The average Bonchev–Trinajstić information content (AvgIpc) is 1.94. The minimum absolute atomic E-state index is 1.65. The second-order valence-corrected chi connectivity index (χ2v) is 4.67. The summed E-state index contributed by atoms with van der Waals surface area (Å²) in [5.74, 6) is 0. The van der Waals surface area contributed by atoms with E-state index >= 15 is 0 Å². The van der Waals surface area contributed by atoms with E-state index in [1.807, 2.05) is 0 Å². The van der Waals surface area contributed by atoms with Gasteiger partial charge < -0.3 is 9.05 Å². The molecule has 0 atom stereocenters. The van der Waals surface area contributed by atoms with Crippen molar-refractivity contribution in [2.24, 2.45) is 0 Å². The fourth-order valence-corrected chi connectivity index (χ4v) is 1.47. The third-order valence-corrected chi connectivity index (χ3v) is 2.55. The van der Waals surface area contributed by atoms with Crippen molar-refractivity contribution < 1.29 is 35.4 Å². The molecule has 0 unspecified atom stereocenters. The summed E-state index contributed by atoms with van der Waals surface area (Å²) in [5, 5.41) is 0. The van der Waals surface area contributed by atoms with Crippen LogP contribution in [-0.2, 0) is 9.05 Å². The van der Waals surface area contributed by atoms with Crippen molar-refractivity contribution in [3.8, 4) is 0 Å². The van der Waals surface area contributed by atoms with E-state index in [0.717, 1.165) is 0 Å². The van der Waals surface area contributed by atoms with Crippen molar-refractivity contribution in [3.05, 3.63) is 0 Å². The first kappa shape index (κ1) is 14.4. The molecule has 0 aromatic rings. The molecule has 0 rings (SSSR count). The molecule has 0 fully saturated rings. The second kappa shape index (κ2) is 5.48. The second-order valence-electron chi connectivity index (χ2n) is 1.99. The van der Waals surface area contributed by atoms with Crippen LogP contribution in [0, 0.1) is 0 Å². The zero-order valence-electron chi connectivity index (χ0n) is 6.32. The Morgan fingerprint density at radius 3 is 1.36 bits per heavy atom. The molecule has 2 nitrogen and oxygen atoms in total. The Balaban J connectivity index is 3.62. The fourth-order valence-electron chi connectivity index (χ4n) is 0.285. The van der Waals surface area contributed by atoms with E-state index in [-0.39, 0.29) is 0 Å². The van der Waals surface area contributed by atoms with E-state index in [0.29, 0.717) is 0 Å². The normalized spacial score (nSPS) is 13.7. The summed E-state index contributed by atoms with van der Waals surface area (Å²) in [6.45, 7) is -3.30. The van der Waals surface area contributed by atoms with Gasteiger partial charge in [-0.05, 0) is 0 Å². The van der Waals surface area contributed by atoms with Crippen LogP contribution in [0.5, 0.6) is 0 Å². The summed E-state index contributed by atoms with van der Waals surface area (Å²) in [6.07, 6.45) is -9.17. The SMILES string of the molecule is FC(F)(F)COP(Br)OCC(F)(F)F. The van der Waals surface area contributed by atoms with Gasteiger partial charge in [0.2, 0.25) is 7.08 Å². The van der Waals surface area contributed by atoms with Crippen LogP contribution < -0.4 is 0 Å². The summed E-state index contributed by atoms with van der Waals surface area (Å²) >= 11 is 2.40. The van der Waals surface area contributed by atoms with Gasteiger partial charge >= 0.3 is 12.4 Å². The number of hydrogen-bond acceptors (Lipinski definition) is 2. The van der Waals surface area contributed by atoms with Crippen molar-refractivity contribution in [2.75, 3.05) is 13.2 Å². The van der Waals surface area contributed by atoms with Crippen LogP contribution in [0.25, 0.3) is 0 Å². The molecule has 0 aliphatic heterocycles. The molecule has 0 saturated heterocycles. The van der Waals surface area contributed by atoms with E-state index < -0.39 is 32.6 Å². The molecule has 0 radical (unpaired) electrons. The van der Waals surface area contributed by atoms with Gasteiger partial charge in [-0.3, -0.25) is 0 Å². The molecule has 0 bridgehead atoms. The third-order valence-electron chi connectivity index (χ3n) is 0.659. The lowest BCUT2D eigenvalue weighted by molar-refractivity contribution is -0.161. The molecular weight excluding hydrogens is 305 g/mol. The van der Waals surface area contributed by atoms with Gasteiger partial charge in [0.05, 0.1) is 0 Å². The van der Waals surface area contributed by atoms with Crippen molar-refractivity contribution in [3.63, 3.8) is 0 Å². The highest BCUT2D eigenvalue weighted by Crippen LogP contribution is 2.48. The van der Waals surface area contributed by atoms with Crippen LogP contribution in [0.15, 0.2) is 0 Å². The number of rotatable bonds is 4. The van der Waals surface area contributed by atoms with Gasteiger partial charge in [-0.25, -0.2) is 0 Å². The molecule has 0 aromatic carbocycles. The largest absolute Gasteiger partial charge is 0.412 e. The molecule has 0 aliphatic carbocycles. The topological polar surface area (TPSA) is 18.5 Å². The van der Waals surface area contributed by atoms with E-state index in [9.17, 15) is 26.3 Å². The predicted molar refractivity (Wildman–Crippen MR) is 39.9 cm³/mol. The molecule has 0 N–H and O–H groups in total. The van der Waals surface area contributed by atoms with Crippen LogP contribution in [0.2, 0.25) is 0 Å². The maximum Gasteiger partial charge on any atom is 0.412 e. The smallest absolute Gasteiger partial charge is 0.316 e. The third kappa shape index (κ3) is 10.5. The standard InChI is InChI=1S/C4H4BrF6O2P/c5-14(12-1-3(6,7)8)13-2-4(9,10)11/h1-2H2. The Kier molecular flexibility index (Phi) is 5.64. The Hall–Kier alpha value is 0.410. The Morgan fingerprint density at radius 2 is 1.14 bits per heavy atom. The lowest BCUT2D eigenvalue weighted by Gasteiger charge is -2.13. The van der Waals surface area contributed by atoms with E-state index in [2.05, 4.69) is 24.5 Å². The van der Waals surface area contributed by atoms with Crippen molar-refractivity contribution >= 4 is 22.6 Å². The van der Waals surface area contributed by atoms with Gasteiger partial charge in [-0.15, -0.1) is 0 Å². The first-order chi connectivity index (χ1) is 6.10. The fraction of sp³-hybridized carbons (Fsp3) is 1.00. The summed E-state index contributed by atoms with van der Waals surface area (Å²) in [5.41, 5.74) is 0. The molecular formula is C4H4BrF6O2P. The van der Waals surface area contributed by atoms with Crippen LogP contribution in [0.3, 0.4) is 0 Å². The molecule has 0 heterocycles. The Bertz CT molecular complexity index is 152. The molecule has 86 valence electrons. The molecule has 0 saturated carbocycles. The number of alkyl halides is 6.